The molecule has 2 aromatic carbocycles. The highest BCUT2D eigenvalue weighted by atomic mass is 16.4. The summed E-state index contributed by atoms with van der Waals surface area (Å²) in [5.41, 5.74) is 23.1. The quantitative estimate of drug-likeness (QED) is 0.0200. The summed E-state index contributed by atoms with van der Waals surface area (Å²) >= 11 is 0. The lowest BCUT2D eigenvalue weighted by Gasteiger charge is -2.30. The number of hydrogen-bond donors (Lipinski definition) is 14. The largest absolute Gasteiger partial charge is 0.508 e. The number of guanidine groups is 1. The first-order chi connectivity index (χ1) is 35.0. The summed E-state index contributed by atoms with van der Waals surface area (Å²) < 4.78 is 0. The predicted molar refractivity (Wildman–Crippen MR) is 266 cm³/mol. The highest BCUT2D eigenvalue weighted by Crippen LogP contribution is 2.21. The number of aliphatic hydroxyl groups is 1. The molecule has 0 aromatic heterocycles. The van der Waals surface area contributed by atoms with Gasteiger partial charge in [0.25, 0.3) is 0 Å². The first kappa shape index (κ1) is 60.4. The van der Waals surface area contributed by atoms with Gasteiger partial charge in [-0.05, 0) is 74.1 Å². The molecule has 1 aliphatic rings. The molecule has 0 bridgehead atoms. The number of amides is 8. The Balaban J connectivity index is 1.84. The summed E-state index contributed by atoms with van der Waals surface area (Å²) in [6.07, 6.45) is -1.21. The van der Waals surface area contributed by atoms with E-state index in [2.05, 4.69) is 36.9 Å². The van der Waals surface area contributed by atoms with Crippen LogP contribution in [0.4, 0.5) is 0 Å². The Hall–Kier alpha value is -7.87. The van der Waals surface area contributed by atoms with Crippen LogP contribution in [0.3, 0.4) is 0 Å². The fourth-order valence-corrected chi connectivity index (χ4v) is 7.89. The lowest BCUT2D eigenvalue weighted by molar-refractivity contribution is -0.142. The fourth-order valence-electron chi connectivity index (χ4n) is 7.89. The number of likely N-dealkylation sites (tertiary alicyclic amines) is 1. The van der Waals surface area contributed by atoms with E-state index >= 15 is 0 Å². The van der Waals surface area contributed by atoms with Gasteiger partial charge in [-0.2, -0.15) is 0 Å². The molecular weight excluding hydrogens is 969 g/mol. The maximum Gasteiger partial charge on any atom is 0.326 e. The minimum Gasteiger partial charge on any atom is -0.508 e. The number of primary amides is 1. The molecule has 0 aliphatic carbocycles. The van der Waals surface area contributed by atoms with Gasteiger partial charge in [0.1, 0.15) is 48.0 Å². The van der Waals surface area contributed by atoms with E-state index in [1.165, 1.54) is 29.2 Å². The molecule has 1 heterocycles. The van der Waals surface area contributed by atoms with E-state index in [0.29, 0.717) is 17.5 Å². The van der Waals surface area contributed by atoms with E-state index in [9.17, 15) is 63.3 Å². The number of aliphatic hydroxyl groups excluding tert-OH is 1. The first-order valence-corrected chi connectivity index (χ1v) is 24.1. The molecule has 1 aliphatic heterocycles. The van der Waals surface area contributed by atoms with Crippen molar-refractivity contribution in [1.82, 2.24) is 36.8 Å². The molecule has 0 unspecified atom stereocenters. The number of carboxylic acids is 2. The molecular formula is C48H70N12O14. The number of nitrogens with one attached hydrogen (secondary N) is 6. The Labute approximate surface area is 427 Å². The normalized spacial score (nSPS) is 15.9. The van der Waals surface area contributed by atoms with Crippen molar-refractivity contribution in [2.75, 3.05) is 19.7 Å². The molecule has 406 valence electrons. The van der Waals surface area contributed by atoms with Crippen molar-refractivity contribution in [1.29, 1.82) is 0 Å². The van der Waals surface area contributed by atoms with Crippen molar-refractivity contribution in [2.45, 2.75) is 133 Å². The van der Waals surface area contributed by atoms with Gasteiger partial charge < -0.3 is 80.2 Å². The molecule has 3 rings (SSSR count). The monoisotopic (exact) mass is 1040 g/mol. The fraction of sp³-hybridized carbons (Fsp3) is 0.521. The number of phenolic OH excluding ortho intramolecular Hbond substituents is 1. The van der Waals surface area contributed by atoms with Crippen molar-refractivity contribution in [3.8, 4) is 5.75 Å². The van der Waals surface area contributed by atoms with Crippen LogP contribution in [-0.4, -0.2) is 159 Å². The number of nitrogens with two attached hydrogens (primary N) is 4. The standard InChI is InChI=1S/C48H70N12O14/c1-26(2)22-33(42(68)55-32(47(73)74)10-6-20-53-48(51)52)56-43(69)34(23-27-8-4-3-5-9-27)57-44(70)36(25-61)59-41(67)31(17-18-38(50)63)54-45(71)37-11-7-21-60(37)46(72)35(24-28-12-14-29(62)15-13-28)58-40(66)30(49)16-19-39(64)65/h3-5,8-9,12-15,26,30-37,61-62H,6-7,10-11,16-25,49H2,1-2H3,(H2,50,63)(H,54,71)(H,55,68)(H,56,69)(H,57,70)(H,58,66)(H,59,67)(H,64,65)(H,73,74)(H4,51,52,53)/t30-,31-,32-,33-,34-,35-,36-,37-/m0/s1. The molecule has 8 atom stereocenters. The molecule has 0 saturated carbocycles. The number of benzene rings is 2. The van der Waals surface area contributed by atoms with Gasteiger partial charge in [0, 0.05) is 38.8 Å². The van der Waals surface area contributed by atoms with Crippen molar-refractivity contribution < 1.29 is 68.4 Å². The smallest absolute Gasteiger partial charge is 0.326 e. The van der Waals surface area contributed by atoms with Crippen LogP contribution in [-0.2, 0) is 60.8 Å². The number of rotatable bonds is 31. The first-order valence-electron chi connectivity index (χ1n) is 24.1. The number of carbonyl (C=O) groups is 10. The molecule has 26 heteroatoms. The van der Waals surface area contributed by atoms with Gasteiger partial charge in [-0.25, -0.2) is 4.79 Å². The van der Waals surface area contributed by atoms with E-state index in [1.807, 2.05) is 0 Å². The number of aliphatic imine (C=N–C) groups is 1. The molecule has 0 radical (unpaired) electrons. The van der Waals surface area contributed by atoms with Crippen molar-refractivity contribution in [3.05, 3.63) is 65.7 Å². The lowest BCUT2D eigenvalue weighted by Crippen LogP contribution is -2.61. The zero-order valence-corrected chi connectivity index (χ0v) is 41.4. The summed E-state index contributed by atoms with van der Waals surface area (Å²) in [6.45, 7) is 2.62. The average molecular weight is 1040 g/mol. The summed E-state index contributed by atoms with van der Waals surface area (Å²) in [5, 5.41) is 54.1. The Bertz CT molecular complexity index is 2300. The van der Waals surface area contributed by atoms with Gasteiger partial charge in [-0.1, -0.05) is 56.3 Å². The molecule has 74 heavy (non-hydrogen) atoms. The van der Waals surface area contributed by atoms with Crippen LogP contribution in [0.25, 0.3) is 0 Å². The van der Waals surface area contributed by atoms with Gasteiger partial charge >= 0.3 is 11.9 Å². The minimum absolute atomic E-state index is 0.0279. The molecule has 1 saturated heterocycles. The van der Waals surface area contributed by atoms with Crippen LogP contribution in [0.2, 0.25) is 0 Å². The van der Waals surface area contributed by atoms with Crippen LogP contribution in [0.15, 0.2) is 59.6 Å². The topological polar surface area (TPSA) is 443 Å². The van der Waals surface area contributed by atoms with Crippen LogP contribution in [0.1, 0.15) is 82.8 Å². The zero-order chi connectivity index (χ0) is 55.1. The molecule has 26 nitrogen and oxygen atoms in total. The molecule has 8 amide bonds. The Morgan fingerprint density at radius 2 is 1.22 bits per heavy atom. The van der Waals surface area contributed by atoms with E-state index in [1.54, 1.807) is 44.2 Å². The third kappa shape index (κ3) is 20.7. The van der Waals surface area contributed by atoms with Gasteiger partial charge in [0.15, 0.2) is 5.96 Å². The Morgan fingerprint density at radius 1 is 0.662 bits per heavy atom. The predicted octanol–water partition coefficient (Wildman–Crippen LogP) is -3.29. The molecule has 18 N–H and O–H groups in total. The summed E-state index contributed by atoms with van der Waals surface area (Å²) in [6, 6.07) is 2.79. The average Bonchev–Trinajstić information content (AvgIpc) is 3.84. The molecule has 0 spiro atoms. The zero-order valence-electron chi connectivity index (χ0n) is 41.4. The number of phenols is 1. The number of hydrogen-bond acceptors (Lipinski definition) is 14. The highest BCUT2D eigenvalue weighted by Gasteiger charge is 2.40. The van der Waals surface area contributed by atoms with Gasteiger partial charge in [0.05, 0.1) is 12.6 Å². The molecule has 2 aromatic rings. The van der Waals surface area contributed by atoms with E-state index in [-0.39, 0.29) is 75.7 Å². The number of aliphatic carboxylic acids is 2. The SMILES string of the molecule is CC(C)C[C@H](NC(=O)[C@H](Cc1ccccc1)NC(=O)[C@H](CO)NC(=O)[C@H](CCC(N)=O)NC(=O)[C@@H]1CCCN1C(=O)[C@H](Cc1ccc(O)cc1)NC(=O)[C@@H](N)CCC(=O)O)C(=O)N[C@@H](CCCN=C(N)N)C(=O)O. The van der Waals surface area contributed by atoms with Crippen LogP contribution in [0.5, 0.6) is 5.75 Å². The second-order valence-electron chi connectivity index (χ2n) is 18.3. The number of carbonyl (C=O) groups excluding carboxylic acids is 8. The van der Waals surface area contributed by atoms with Crippen LogP contribution < -0.4 is 54.8 Å². The maximum absolute atomic E-state index is 14.2. The summed E-state index contributed by atoms with van der Waals surface area (Å²) in [5.74, 6) is -10.1. The van der Waals surface area contributed by atoms with E-state index < -0.39 is 133 Å². The van der Waals surface area contributed by atoms with Crippen molar-refractivity contribution >= 4 is 65.2 Å². The third-order valence-electron chi connectivity index (χ3n) is 11.8. The van der Waals surface area contributed by atoms with Gasteiger partial charge in [0.2, 0.25) is 47.3 Å². The lowest BCUT2D eigenvalue weighted by atomic mass is 10.00. The number of carboxylic acid groups (broad SMARTS) is 2. The van der Waals surface area contributed by atoms with E-state index in [4.69, 9.17) is 28.0 Å². The second kappa shape index (κ2) is 30.2. The van der Waals surface area contributed by atoms with Gasteiger partial charge in [-0.15, -0.1) is 0 Å². The maximum atomic E-state index is 14.2. The highest BCUT2D eigenvalue weighted by molar-refractivity contribution is 5.98. The minimum atomic E-state index is -1.78. The summed E-state index contributed by atoms with van der Waals surface area (Å²) in [7, 11) is 0. The Kier molecular flexibility index (Phi) is 24.7. The number of aromatic hydroxyl groups is 1. The molecule has 1 fully saturated rings. The van der Waals surface area contributed by atoms with Crippen molar-refractivity contribution in [3.63, 3.8) is 0 Å². The van der Waals surface area contributed by atoms with Crippen molar-refractivity contribution in [2.24, 2.45) is 33.8 Å². The van der Waals surface area contributed by atoms with Crippen LogP contribution >= 0.6 is 0 Å². The van der Waals surface area contributed by atoms with E-state index in [0.717, 1.165) is 0 Å². The summed E-state index contributed by atoms with van der Waals surface area (Å²) in [4.78, 5) is 137. The third-order valence-corrected chi connectivity index (χ3v) is 11.8. The second-order valence-corrected chi connectivity index (χ2v) is 18.3. The Morgan fingerprint density at radius 3 is 1.81 bits per heavy atom. The van der Waals surface area contributed by atoms with Crippen LogP contribution in [0, 0.1) is 5.92 Å². The number of nitrogens with zero attached hydrogens (tertiary/aromatic N) is 2. The van der Waals surface area contributed by atoms with Gasteiger partial charge in [-0.3, -0.25) is 48.1 Å².